The highest BCUT2D eigenvalue weighted by Gasteiger charge is 2.30. The van der Waals surface area contributed by atoms with E-state index < -0.39 is 0 Å². The van der Waals surface area contributed by atoms with Crippen molar-refractivity contribution in [2.75, 3.05) is 19.6 Å². The third-order valence-electron chi connectivity index (χ3n) is 3.73. The molecule has 88 valence electrons. The first-order valence-corrected chi connectivity index (χ1v) is 6.63. The summed E-state index contributed by atoms with van der Waals surface area (Å²) in [5.74, 6) is 0.811. The molecule has 0 N–H and O–H groups in total. The van der Waals surface area contributed by atoms with Crippen LogP contribution in [0.15, 0.2) is 0 Å². The first kappa shape index (κ1) is 11.4. The molecule has 0 aromatic carbocycles. The molecule has 0 amide bonds. The SMILES string of the molecule is CC(C)OC1CCCC1CN1CCCC1. The van der Waals surface area contributed by atoms with Crippen molar-refractivity contribution >= 4 is 0 Å². The highest BCUT2D eigenvalue weighted by Crippen LogP contribution is 2.30. The quantitative estimate of drug-likeness (QED) is 0.709. The van der Waals surface area contributed by atoms with E-state index in [1.807, 2.05) is 0 Å². The van der Waals surface area contributed by atoms with Crippen molar-refractivity contribution in [3.8, 4) is 0 Å². The number of hydrogen-bond donors (Lipinski definition) is 0. The molecule has 1 saturated carbocycles. The van der Waals surface area contributed by atoms with E-state index in [0.717, 1.165) is 5.92 Å². The minimum Gasteiger partial charge on any atom is -0.375 e. The maximum atomic E-state index is 6.01. The van der Waals surface area contributed by atoms with Crippen LogP contribution < -0.4 is 0 Å². The average Bonchev–Trinajstić information content (AvgIpc) is 2.78. The highest BCUT2D eigenvalue weighted by atomic mass is 16.5. The van der Waals surface area contributed by atoms with Gasteiger partial charge in [-0.25, -0.2) is 0 Å². The molecule has 2 nitrogen and oxygen atoms in total. The standard InChI is InChI=1S/C13H25NO/c1-11(2)15-13-7-5-6-12(13)10-14-8-3-4-9-14/h11-13H,3-10H2,1-2H3. The second kappa shape index (κ2) is 5.31. The molecule has 2 aliphatic rings. The predicted molar refractivity (Wildman–Crippen MR) is 63.0 cm³/mol. The smallest absolute Gasteiger partial charge is 0.0619 e. The van der Waals surface area contributed by atoms with Crippen LogP contribution in [0.4, 0.5) is 0 Å². The van der Waals surface area contributed by atoms with Crippen LogP contribution in [0.2, 0.25) is 0 Å². The molecule has 1 saturated heterocycles. The van der Waals surface area contributed by atoms with Gasteiger partial charge in [-0.3, -0.25) is 0 Å². The minimum atomic E-state index is 0.397. The largest absolute Gasteiger partial charge is 0.375 e. The van der Waals surface area contributed by atoms with Crippen LogP contribution in [-0.2, 0) is 4.74 Å². The number of rotatable bonds is 4. The summed E-state index contributed by atoms with van der Waals surface area (Å²) in [4.78, 5) is 2.63. The monoisotopic (exact) mass is 211 g/mol. The van der Waals surface area contributed by atoms with Gasteiger partial charge < -0.3 is 9.64 Å². The Hall–Kier alpha value is -0.0800. The molecule has 1 heterocycles. The summed E-state index contributed by atoms with van der Waals surface area (Å²) >= 11 is 0. The van der Waals surface area contributed by atoms with Gasteiger partial charge in [-0.05, 0) is 58.5 Å². The molecular formula is C13H25NO. The van der Waals surface area contributed by atoms with Crippen LogP contribution in [-0.4, -0.2) is 36.7 Å². The van der Waals surface area contributed by atoms with Crippen LogP contribution in [0.5, 0.6) is 0 Å². The third-order valence-corrected chi connectivity index (χ3v) is 3.73. The Bertz CT molecular complexity index is 187. The summed E-state index contributed by atoms with van der Waals surface area (Å²) in [6.45, 7) is 8.25. The first-order valence-electron chi connectivity index (χ1n) is 6.63. The zero-order chi connectivity index (χ0) is 10.7. The van der Waals surface area contributed by atoms with Gasteiger partial charge in [0, 0.05) is 6.54 Å². The van der Waals surface area contributed by atoms with Crippen molar-refractivity contribution in [1.82, 2.24) is 4.90 Å². The first-order chi connectivity index (χ1) is 7.25. The van der Waals surface area contributed by atoms with Crippen molar-refractivity contribution in [3.05, 3.63) is 0 Å². The average molecular weight is 211 g/mol. The van der Waals surface area contributed by atoms with Crippen LogP contribution >= 0.6 is 0 Å². The van der Waals surface area contributed by atoms with Gasteiger partial charge >= 0.3 is 0 Å². The molecule has 1 aliphatic carbocycles. The topological polar surface area (TPSA) is 12.5 Å². The Kier molecular flexibility index (Phi) is 4.04. The second-order valence-electron chi connectivity index (χ2n) is 5.42. The zero-order valence-corrected chi connectivity index (χ0v) is 10.2. The van der Waals surface area contributed by atoms with Crippen LogP contribution in [0.1, 0.15) is 46.0 Å². The van der Waals surface area contributed by atoms with E-state index in [1.54, 1.807) is 0 Å². The Morgan fingerprint density at radius 2 is 1.87 bits per heavy atom. The number of likely N-dealkylation sites (tertiary alicyclic amines) is 1. The van der Waals surface area contributed by atoms with Gasteiger partial charge in [-0.2, -0.15) is 0 Å². The van der Waals surface area contributed by atoms with Gasteiger partial charge in [-0.15, -0.1) is 0 Å². The van der Waals surface area contributed by atoms with Gasteiger partial charge in [0.2, 0.25) is 0 Å². The lowest BCUT2D eigenvalue weighted by Gasteiger charge is -2.26. The predicted octanol–water partition coefficient (Wildman–Crippen LogP) is 2.68. The van der Waals surface area contributed by atoms with E-state index in [-0.39, 0.29) is 0 Å². The Morgan fingerprint density at radius 3 is 2.53 bits per heavy atom. The maximum absolute atomic E-state index is 6.01. The third kappa shape index (κ3) is 3.18. The minimum absolute atomic E-state index is 0.397. The van der Waals surface area contributed by atoms with E-state index in [0.29, 0.717) is 12.2 Å². The molecule has 0 aromatic rings. The van der Waals surface area contributed by atoms with Gasteiger partial charge in [0.1, 0.15) is 0 Å². The molecular weight excluding hydrogens is 186 g/mol. The normalized spacial score (nSPS) is 33.0. The maximum Gasteiger partial charge on any atom is 0.0619 e. The summed E-state index contributed by atoms with van der Waals surface area (Å²) in [7, 11) is 0. The summed E-state index contributed by atoms with van der Waals surface area (Å²) in [5, 5.41) is 0. The molecule has 1 aliphatic heterocycles. The van der Waals surface area contributed by atoms with Gasteiger partial charge in [-0.1, -0.05) is 6.42 Å². The fourth-order valence-electron chi connectivity index (χ4n) is 3.04. The fourth-order valence-corrected chi connectivity index (χ4v) is 3.04. The van der Waals surface area contributed by atoms with E-state index >= 15 is 0 Å². The van der Waals surface area contributed by atoms with E-state index in [2.05, 4.69) is 18.7 Å². The molecule has 2 atom stereocenters. The fraction of sp³-hybridized carbons (Fsp3) is 1.00. The lowest BCUT2D eigenvalue weighted by molar-refractivity contribution is -0.0192. The van der Waals surface area contributed by atoms with Gasteiger partial charge in [0.25, 0.3) is 0 Å². The summed E-state index contributed by atoms with van der Waals surface area (Å²) in [6.07, 6.45) is 7.80. The Morgan fingerprint density at radius 1 is 1.13 bits per heavy atom. The second-order valence-corrected chi connectivity index (χ2v) is 5.42. The van der Waals surface area contributed by atoms with Crippen molar-refractivity contribution in [1.29, 1.82) is 0 Å². The lowest BCUT2D eigenvalue weighted by atomic mass is 10.1. The van der Waals surface area contributed by atoms with E-state index in [9.17, 15) is 0 Å². The molecule has 2 heteroatoms. The molecule has 2 rings (SSSR count). The molecule has 0 aromatic heterocycles. The molecule has 0 radical (unpaired) electrons. The number of ether oxygens (including phenoxy) is 1. The van der Waals surface area contributed by atoms with Crippen molar-refractivity contribution < 1.29 is 4.74 Å². The molecule has 0 spiro atoms. The molecule has 15 heavy (non-hydrogen) atoms. The summed E-state index contributed by atoms with van der Waals surface area (Å²) < 4.78 is 6.01. The van der Waals surface area contributed by atoms with Crippen LogP contribution in [0, 0.1) is 5.92 Å². The summed E-state index contributed by atoms with van der Waals surface area (Å²) in [5.41, 5.74) is 0. The number of nitrogens with zero attached hydrogens (tertiary/aromatic N) is 1. The van der Waals surface area contributed by atoms with E-state index in [1.165, 1.54) is 51.7 Å². The molecule has 2 fully saturated rings. The van der Waals surface area contributed by atoms with Gasteiger partial charge in [0.05, 0.1) is 12.2 Å². The zero-order valence-electron chi connectivity index (χ0n) is 10.2. The highest BCUT2D eigenvalue weighted by molar-refractivity contribution is 4.82. The van der Waals surface area contributed by atoms with Gasteiger partial charge in [0.15, 0.2) is 0 Å². The van der Waals surface area contributed by atoms with Crippen molar-refractivity contribution in [2.45, 2.75) is 58.2 Å². The lowest BCUT2D eigenvalue weighted by Crippen LogP contribution is -2.33. The van der Waals surface area contributed by atoms with Crippen LogP contribution in [0.3, 0.4) is 0 Å². The van der Waals surface area contributed by atoms with Crippen molar-refractivity contribution in [2.24, 2.45) is 5.92 Å². The Labute approximate surface area is 94.0 Å². The van der Waals surface area contributed by atoms with E-state index in [4.69, 9.17) is 4.74 Å². The Balaban J connectivity index is 1.79. The number of hydrogen-bond acceptors (Lipinski definition) is 2. The molecule has 2 unspecified atom stereocenters. The van der Waals surface area contributed by atoms with Crippen molar-refractivity contribution in [3.63, 3.8) is 0 Å². The van der Waals surface area contributed by atoms with Crippen LogP contribution in [0.25, 0.3) is 0 Å². The summed E-state index contributed by atoms with van der Waals surface area (Å²) in [6, 6.07) is 0. The molecule has 0 bridgehead atoms.